The summed E-state index contributed by atoms with van der Waals surface area (Å²) in [5.74, 6) is -1.58. The molecule has 1 aliphatic heterocycles. The molecule has 1 heterocycles. The molecule has 0 bridgehead atoms. The third kappa shape index (κ3) is 2.68. The number of hydrogen-bond acceptors (Lipinski definition) is 4. The number of amides is 1. The maximum absolute atomic E-state index is 11.4. The van der Waals surface area contributed by atoms with Gasteiger partial charge in [-0.15, -0.1) is 0 Å². The van der Waals surface area contributed by atoms with E-state index in [4.69, 9.17) is 10.2 Å². The summed E-state index contributed by atoms with van der Waals surface area (Å²) in [6.45, 7) is 0.183. The van der Waals surface area contributed by atoms with Crippen LogP contribution >= 0.6 is 0 Å². The number of aliphatic hydroxyl groups is 1. The second-order valence-corrected chi connectivity index (χ2v) is 3.23. The summed E-state index contributed by atoms with van der Waals surface area (Å²) in [6, 6.07) is -1.52. The molecule has 2 atom stereocenters. The van der Waals surface area contributed by atoms with Gasteiger partial charge in [-0.05, 0) is 19.4 Å². The van der Waals surface area contributed by atoms with Crippen molar-refractivity contribution in [1.82, 2.24) is 10.6 Å². The van der Waals surface area contributed by atoms with Gasteiger partial charge in [-0.25, -0.2) is 4.79 Å². The van der Waals surface area contributed by atoms with Crippen molar-refractivity contribution in [2.24, 2.45) is 0 Å². The lowest BCUT2D eigenvalue weighted by Gasteiger charge is -2.15. The van der Waals surface area contributed by atoms with Gasteiger partial charge in [-0.1, -0.05) is 0 Å². The van der Waals surface area contributed by atoms with E-state index < -0.39 is 18.6 Å². The lowest BCUT2D eigenvalue weighted by atomic mass is 10.2. The first-order chi connectivity index (χ1) is 6.65. The van der Waals surface area contributed by atoms with Crippen molar-refractivity contribution in [1.29, 1.82) is 0 Å². The fourth-order valence-electron chi connectivity index (χ4n) is 1.37. The summed E-state index contributed by atoms with van der Waals surface area (Å²) in [5, 5.41) is 22.4. The Hall–Kier alpha value is -1.14. The molecule has 0 aliphatic carbocycles. The fraction of sp³-hybridized carbons (Fsp3) is 0.750. The second-order valence-electron chi connectivity index (χ2n) is 3.23. The largest absolute Gasteiger partial charge is 0.480 e. The minimum absolute atomic E-state index is 0.316. The normalized spacial score (nSPS) is 23.1. The van der Waals surface area contributed by atoms with Crippen LogP contribution in [0.25, 0.3) is 0 Å². The van der Waals surface area contributed by atoms with Gasteiger partial charge in [0.05, 0.1) is 12.6 Å². The zero-order valence-corrected chi connectivity index (χ0v) is 7.69. The molecule has 1 unspecified atom stereocenters. The highest BCUT2D eigenvalue weighted by atomic mass is 16.4. The third-order valence-corrected chi connectivity index (χ3v) is 2.17. The molecular formula is C8H14N2O4. The molecule has 0 aromatic carbocycles. The van der Waals surface area contributed by atoms with E-state index in [1.807, 2.05) is 0 Å². The average molecular weight is 202 g/mol. The minimum Gasteiger partial charge on any atom is -0.480 e. The number of nitrogens with one attached hydrogen (secondary N) is 2. The second kappa shape index (κ2) is 4.92. The summed E-state index contributed by atoms with van der Waals surface area (Å²) in [7, 11) is 0. The van der Waals surface area contributed by atoms with Crippen molar-refractivity contribution >= 4 is 11.9 Å². The molecule has 14 heavy (non-hydrogen) atoms. The molecule has 1 saturated heterocycles. The SMILES string of the molecule is O=C(N[C@H](CO)C(=O)O)C1CCCN1. The quantitative estimate of drug-likeness (QED) is 0.435. The lowest BCUT2D eigenvalue weighted by Crippen LogP contribution is -2.49. The van der Waals surface area contributed by atoms with Gasteiger partial charge in [-0.3, -0.25) is 4.79 Å². The molecule has 1 aliphatic rings. The van der Waals surface area contributed by atoms with Gasteiger partial charge in [0.1, 0.15) is 6.04 Å². The molecule has 1 rings (SSSR count). The van der Waals surface area contributed by atoms with Gasteiger partial charge in [0.25, 0.3) is 0 Å². The molecule has 0 aromatic heterocycles. The summed E-state index contributed by atoms with van der Waals surface area (Å²) in [5.41, 5.74) is 0. The minimum atomic E-state index is -1.22. The maximum Gasteiger partial charge on any atom is 0.328 e. The average Bonchev–Trinajstić information content (AvgIpc) is 2.65. The molecular weight excluding hydrogens is 188 g/mol. The number of aliphatic carboxylic acids is 1. The number of aliphatic hydroxyl groups excluding tert-OH is 1. The summed E-state index contributed by atoms with van der Waals surface area (Å²) in [6.07, 6.45) is 1.62. The van der Waals surface area contributed by atoms with E-state index in [0.29, 0.717) is 6.42 Å². The predicted molar refractivity (Wildman–Crippen MR) is 47.7 cm³/mol. The van der Waals surface area contributed by atoms with Gasteiger partial charge >= 0.3 is 5.97 Å². The van der Waals surface area contributed by atoms with Crippen molar-refractivity contribution in [2.75, 3.05) is 13.2 Å². The van der Waals surface area contributed by atoms with Crippen LogP contribution in [-0.4, -0.2) is 47.3 Å². The number of rotatable bonds is 4. The van der Waals surface area contributed by atoms with Crippen molar-refractivity contribution in [2.45, 2.75) is 24.9 Å². The Labute approximate surface area is 81.3 Å². The predicted octanol–water partition coefficient (Wildman–Crippen LogP) is -1.70. The van der Waals surface area contributed by atoms with Crippen LogP contribution in [0, 0.1) is 0 Å². The van der Waals surface area contributed by atoms with Gasteiger partial charge in [0.2, 0.25) is 5.91 Å². The standard InChI is InChI=1S/C8H14N2O4/c11-4-6(8(13)14)10-7(12)5-2-1-3-9-5/h5-6,9,11H,1-4H2,(H,10,12)(H,13,14)/t5?,6-/m1/s1. The van der Waals surface area contributed by atoms with E-state index in [9.17, 15) is 9.59 Å². The van der Waals surface area contributed by atoms with E-state index in [2.05, 4.69) is 10.6 Å². The molecule has 0 radical (unpaired) electrons. The Morgan fingerprint density at radius 1 is 1.57 bits per heavy atom. The van der Waals surface area contributed by atoms with Crippen LogP contribution in [0.2, 0.25) is 0 Å². The Balaban J connectivity index is 2.41. The zero-order valence-electron chi connectivity index (χ0n) is 7.69. The van der Waals surface area contributed by atoms with Crippen molar-refractivity contribution < 1.29 is 19.8 Å². The Morgan fingerprint density at radius 3 is 2.71 bits per heavy atom. The molecule has 0 saturated carbocycles. The highest BCUT2D eigenvalue weighted by Crippen LogP contribution is 2.04. The highest BCUT2D eigenvalue weighted by molar-refractivity contribution is 5.87. The van der Waals surface area contributed by atoms with E-state index in [-0.39, 0.29) is 11.9 Å². The van der Waals surface area contributed by atoms with Crippen LogP contribution in [0.5, 0.6) is 0 Å². The molecule has 4 N–H and O–H groups in total. The number of carbonyl (C=O) groups excluding carboxylic acids is 1. The molecule has 1 amide bonds. The van der Waals surface area contributed by atoms with E-state index in [1.165, 1.54) is 0 Å². The first-order valence-corrected chi connectivity index (χ1v) is 4.52. The molecule has 0 spiro atoms. The molecule has 0 aromatic rings. The maximum atomic E-state index is 11.4. The number of carboxylic acids is 1. The van der Waals surface area contributed by atoms with Crippen LogP contribution in [-0.2, 0) is 9.59 Å². The van der Waals surface area contributed by atoms with Crippen molar-refractivity contribution in [3.05, 3.63) is 0 Å². The number of hydrogen-bond donors (Lipinski definition) is 4. The van der Waals surface area contributed by atoms with Gasteiger partial charge in [0, 0.05) is 0 Å². The molecule has 6 heteroatoms. The first kappa shape index (κ1) is 10.9. The Bertz CT molecular complexity index is 225. The van der Waals surface area contributed by atoms with Crippen molar-refractivity contribution in [3.8, 4) is 0 Å². The molecule has 6 nitrogen and oxygen atoms in total. The van der Waals surface area contributed by atoms with Crippen LogP contribution in [0.15, 0.2) is 0 Å². The van der Waals surface area contributed by atoms with Crippen LogP contribution in [0.3, 0.4) is 0 Å². The van der Waals surface area contributed by atoms with E-state index in [1.54, 1.807) is 0 Å². The van der Waals surface area contributed by atoms with E-state index >= 15 is 0 Å². The van der Waals surface area contributed by atoms with Gasteiger partial charge in [-0.2, -0.15) is 0 Å². The Kier molecular flexibility index (Phi) is 3.84. The van der Waals surface area contributed by atoms with Gasteiger partial charge < -0.3 is 20.8 Å². The fourth-order valence-corrected chi connectivity index (χ4v) is 1.37. The van der Waals surface area contributed by atoms with E-state index in [0.717, 1.165) is 13.0 Å². The Morgan fingerprint density at radius 2 is 2.29 bits per heavy atom. The summed E-state index contributed by atoms with van der Waals surface area (Å²) in [4.78, 5) is 21.9. The monoisotopic (exact) mass is 202 g/mol. The highest BCUT2D eigenvalue weighted by Gasteiger charge is 2.26. The smallest absolute Gasteiger partial charge is 0.328 e. The van der Waals surface area contributed by atoms with Gasteiger partial charge in [0.15, 0.2) is 0 Å². The molecule has 1 fully saturated rings. The molecule has 80 valence electrons. The topological polar surface area (TPSA) is 98.7 Å². The summed E-state index contributed by atoms with van der Waals surface area (Å²) >= 11 is 0. The first-order valence-electron chi connectivity index (χ1n) is 4.52. The lowest BCUT2D eigenvalue weighted by molar-refractivity contribution is -0.143. The summed E-state index contributed by atoms with van der Waals surface area (Å²) < 4.78 is 0. The number of carbonyl (C=O) groups is 2. The van der Waals surface area contributed by atoms with Crippen molar-refractivity contribution in [3.63, 3.8) is 0 Å². The van der Waals surface area contributed by atoms with Crippen LogP contribution < -0.4 is 10.6 Å². The van der Waals surface area contributed by atoms with Crippen LogP contribution in [0.1, 0.15) is 12.8 Å². The van der Waals surface area contributed by atoms with Crippen LogP contribution in [0.4, 0.5) is 0 Å². The third-order valence-electron chi connectivity index (χ3n) is 2.17. The zero-order chi connectivity index (χ0) is 10.6. The number of carboxylic acid groups (broad SMARTS) is 1.